The molecule has 0 fully saturated rings. The van der Waals surface area contributed by atoms with Crippen LogP contribution in [0.25, 0.3) is 0 Å². The summed E-state index contributed by atoms with van der Waals surface area (Å²) in [5.41, 5.74) is 5.34. The van der Waals surface area contributed by atoms with E-state index in [0.29, 0.717) is 33.1 Å². The third-order valence-electron chi connectivity index (χ3n) is 4.97. The standard InChI is InChI=1S/C23H18N2O2S/c1-13-10-11-15(12-14(13)2)24-23(28)25-19-9-5-8-18-20(19)22(27)17-7-4-3-6-16(17)21(18)26/h3-12H,1-2H3,(H2,24,25,28). The molecule has 3 aromatic carbocycles. The quantitative estimate of drug-likeness (QED) is 0.481. The maximum atomic E-state index is 13.0. The first-order chi connectivity index (χ1) is 13.5. The monoisotopic (exact) mass is 386 g/mol. The predicted octanol–water partition coefficient (Wildman–Crippen LogP) is 4.89. The van der Waals surface area contributed by atoms with Crippen molar-refractivity contribution in [2.24, 2.45) is 0 Å². The van der Waals surface area contributed by atoms with E-state index in [1.54, 1.807) is 42.5 Å². The first kappa shape index (κ1) is 18.1. The van der Waals surface area contributed by atoms with Crippen LogP contribution in [0.3, 0.4) is 0 Å². The fraction of sp³-hybridized carbons (Fsp3) is 0.0870. The molecule has 2 N–H and O–H groups in total. The van der Waals surface area contributed by atoms with Crippen molar-refractivity contribution in [3.05, 3.63) is 94.0 Å². The van der Waals surface area contributed by atoms with Crippen LogP contribution in [-0.4, -0.2) is 16.7 Å². The Morgan fingerprint density at radius 3 is 2.14 bits per heavy atom. The van der Waals surface area contributed by atoms with Gasteiger partial charge in [0, 0.05) is 22.4 Å². The zero-order valence-corrected chi connectivity index (χ0v) is 16.3. The Bertz CT molecular complexity index is 1150. The normalized spacial score (nSPS) is 12.2. The topological polar surface area (TPSA) is 58.2 Å². The highest BCUT2D eigenvalue weighted by atomic mass is 32.1. The lowest BCUT2D eigenvalue weighted by Gasteiger charge is -2.21. The van der Waals surface area contributed by atoms with Gasteiger partial charge >= 0.3 is 0 Å². The van der Waals surface area contributed by atoms with Gasteiger partial charge in [-0.3, -0.25) is 9.59 Å². The average molecular weight is 386 g/mol. The molecule has 0 heterocycles. The predicted molar refractivity (Wildman–Crippen MR) is 116 cm³/mol. The zero-order valence-electron chi connectivity index (χ0n) is 15.5. The molecule has 0 radical (unpaired) electrons. The lowest BCUT2D eigenvalue weighted by atomic mass is 9.83. The van der Waals surface area contributed by atoms with Gasteiger partial charge in [-0.05, 0) is 55.4 Å². The summed E-state index contributed by atoms with van der Waals surface area (Å²) in [4.78, 5) is 25.9. The number of ketones is 2. The molecule has 1 aliphatic carbocycles. The Balaban J connectivity index is 1.65. The van der Waals surface area contributed by atoms with Crippen LogP contribution in [0.15, 0.2) is 60.7 Å². The van der Waals surface area contributed by atoms with Gasteiger partial charge in [0.25, 0.3) is 0 Å². The van der Waals surface area contributed by atoms with E-state index in [4.69, 9.17) is 12.2 Å². The molecule has 0 atom stereocenters. The summed E-state index contributed by atoms with van der Waals surface area (Å²) in [7, 11) is 0. The summed E-state index contributed by atoms with van der Waals surface area (Å²) >= 11 is 5.43. The number of carbonyl (C=O) groups is 2. The zero-order chi connectivity index (χ0) is 19.8. The summed E-state index contributed by atoms with van der Waals surface area (Å²) in [5, 5.41) is 6.57. The second-order valence-electron chi connectivity index (χ2n) is 6.81. The highest BCUT2D eigenvalue weighted by molar-refractivity contribution is 7.80. The summed E-state index contributed by atoms with van der Waals surface area (Å²) in [5.74, 6) is -0.329. The van der Waals surface area contributed by atoms with Crippen LogP contribution in [0.2, 0.25) is 0 Å². The van der Waals surface area contributed by atoms with Crippen LogP contribution in [0, 0.1) is 13.8 Å². The van der Waals surface area contributed by atoms with E-state index < -0.39 is 0 Å². The Labute approximate surface area is 168 Å². The summed E-state index contributed by atoms with van der Waals surface area (Å²) < 4.78 is 0. The van der Waals surface area contributed by atoms with Crippen LogP contribution >= 0.6 is 12.2 Å². The molecule has 5 heteroatoms. The number of fused-ring (bicyclic) bond motifs is 2. The summed E-state index contributed by atoms with van der Waals surface area (Å²) in [6.45, 7) is 4.08. The molecule has 4 rings (SSSR count). The summed E-state index contributed by atoms with van der Waals surface area (Å²) in [6.07, 6.45) is 0. The van der Waals surface area contributed by atoms with Crippen molar-refractivity contribution < 1.29 is 9.59 Å². The third-order valence-corrected chi connectivity index (χ3v) is 5.17. The smallest absolute Gasteiger partial charge is 0.196 e. The second-order valence-corrected chi connectivity index (χ2v) is 7.22. The number of nitrogens with one attached hydrogen (secondary N) is 2. The van der Waals surface area contributed by atoms with Crippen molar-refractivity contribution in [1.29, 1.82) is 0 Å². The molecule has 3 aromatic rings. The van der Waals surface area contributed by atoms with Crippen LogP contribution < -0.4 is 10.6 Å². The highest BCUT2D eigenvalue weighted by Crippen LogP contribution is 2.32. The van der Waals surface area contributed by atoms with Gasteiger partial charge in [0.1, 0.15) is 0 Å². The number of anilines is 2. The maximum Gasteiger partial charge on any atom is 0.196 e. The molecular formula is C23H18N2O2S. The maximum absolute atomic E-state index is 13.0. The number of thiocarbonyl (C=S) groups is 1. The number of hydrogen-bond donors (Lipinski definition) is 2. The Kier molecular flexibility index (Phi) is 4.53. The van der Waals surface area contributed by atoms with Gasteiger partial charge < -0.3 is 10.6 Å². The largest absolute Gasteiger partial charge is 0.332 e. The molecule has 0 spiro atoms. The van der Waals surface area contributed by atoms with E-state index >= 15 is 0 Å². The highest BCUT2D eigenvalue weighted by Gasteiger charge is 2.31. The van der Waals surface area contributed by atoms with Crippen molar-refractivity contribution in [3.8, 4) is 0 Å². The van der Waals surface area contributed by atoms with E-state index in [2.05, 4.69) is 10.6 Å². The molecule has 0 unspecified atom stereocenters. The minimum Gasteiger partial charge on any atom is -0.332 e. The van der Waals surface area contributed by atoms with Crippen LogP contribution in [-0.2, 0) is 0 Å². The van der Waals surface area contributed by atoms with Crippen molar-refractivity contribution in [1.82, 2.24) is 0 Å². The molecule has 0 aromatic heterocycles. The van der Waals surface area contributed by atoms with Gasteiger partial charge in [0.15, 0.2) is 16.7 Å². The van der Waals surface area contributed by atoms with Crippen LogP contribution in [0.1, 0.15) is 43.0 Å². The van der Waals surface area contributed by atoms with Gasteiger partial charge in [0.05, 0.1) is 11.3 Å². The van der Waals surface area contributed by atoms with E-state index in [9.17, 15) is 9.59 Å². The summed E-state index contributed by atoms with van der Waals surface area (Å²) in [6, 6.07) is 18.0. The lowest BCUT2D eigenvalue weighted by molar-refractivity contribution is 0.0979. The second kappa shape index (κ2) is 7.02. The molecule has 0 saturated heterocycles. The van der Waals surface area contributed by atoms with Gasteiger partial charge in [-0.2, -0.15) is 0 Å². The van der Waals surface area contributed by atoms with Crippen molar-refractivity contribution in [2.45, 2.75) is 13.8 Å². The van der Waals surface area contributed by atoms with E-state index in [1.165, 1.54) is 5.56 Å². The SMILES string of the molecule is Cc1ccc(NC(=S)Nc2cccc3c2C(=O)c2ccccc2C3=O)cc1C. The molecule has 138 valence electrons. The minimum atomic E-state index is -0.178. The molecule has 0 saturated carbocycles. The third kappa shape index (κ3) is 3.10. The van der Waals surface area contributed by atoms with Crippen molar-refractivity contribution >= 4 is 40.3 Å². The molecule has 1 aliphatic rings. The van der Waals surface area contributed by atoms with Gasteiger partial charge in [0.2, 0.25) is 0 Å². The molecule has 0 aliphatic heterocycles. The lowest BCUT2D eigenvalue weighted by Crippen LogP contribution is -2.25. The van der Waals surface area contributed by atoms with Crippen molar-refractivity contribution in [3.63, 3.8) is 0 Å². The first-order valence-corrected chi connectivity index (χ1v) is 9.33. The number of rotatable bonds is 2. The number of carbonyl (C=O) groups excluding carboxylic acids is 2. The van der Waals surface area contributed by atoms with Crippen molar-refractivity contribution in [2.75, 3.05) is 10.6 Å². The van der Waals surface area contributed by atoms with Crippen LogP contribution in [0.5, 0.6) is 0 Å². The van der Waals surface area contributed by atoms with E-state index in [-0.39, 0.29) is 11.6 Å². The Hall–Kier alpha value is -3.31. The van der Waals surface area contributed by atoms with Gasteiger partial charge in [-0.15, -0.1) is 0 Å². The molecule has 4 nitrogen and oxygen atoms in total. The molecule has 28 heavy (non-hydrogen) atoms. The van der Waals surface area contributed by atoms with E-state index in [0.717, 1.165) is 11.3 Å². The fourth-order valence-electron chi connectivity index (χ4n) is 3.35. The minimum absolute atomic E-state index is 0.151. The molecular weight excluding hydrogens is 368 g/mol. The Morgan fingerprint density at radius 1 is 0.750 bits per heavy atom. The fourth-order valence-corrected chi connectivity index (χ4v) is 3.58. The molecule has 0 amide bonds. The Morgan fingerprint density at radius 2 is 1.43 bits per heavy atom. The number of hydrogen-bond acceptors (Lipinski definition) is 3. The van der Waals surface area contributed by atoms with Gasteiger partial charge in [-0.1, -0.05) is 42.5 Å². The average Bonchev–Trinajstić information content (AvgIpc) is 2.69. The van der Waals surface area contributed by atoms with Gasteiger partial charge in [-0.25, -0.2) is 0 Å². The van der Waals surface area contributed by atoms with Crippen LogP contribution in [0.4, 0.5) is 11.4 Å². The first-order valence-electron chi connectivity index (χ1n) is 8.92. The number of aryl methyl sites for hydroxylation is 2. The number of benzene rings is 3. The molecule has 0 bridgehead atoms. The van der Waals surface area contributed by atoms with E-state index in [1.807, 2.05) is 32.0 Å².